The van der Waals surface area contributed by atoms with E-state index in [9.17, 15) is 4.39 Å². The zero-order valence-electron chi connectivity index (χ0n) is 11.7. The molecule has 21 heavy (non-hydrogen) atoms. The van der Waals surface area contributed by atoms with Crippen molar-refractivity contribution in [2.24, 2.45) is 0 Å². The Morgan fingerprint density at radius 3 is 3.10 bits per heavy atom. The van der Waals surface area contributed by atoms with Crippen molar-refractivity contribution < 1.29 is 9.13 Å². The fraction of sp³-hybridized carbons (Fsp3) is 0.267. The second kappa shape index (κ2) is 5.87. The Morgan fingerprint density at radius 2 is 2.24 bits per heavy atom. The summed E-state index contributed by atoms with van der Waals surface area (Å²) >= 11 is 0. The molecule has 0 fully saturated rings. The van der Waals surface area contributed by atoms with Gasteiger partial charge in [-0.3, -0.25) is 4.40 Å². The SMILES string of the molecule is CCCCOc1cc(F)ccc1-c1cnc2nncn2c1. The predicted octanol–water partition coefficient (Wildman–Crippen LogP) is 3.11. The molecule has 0 unspecified atom stereocenters. The highest BCUT2D eigenvalue weighted by molar-refractivity contribution is 5.69. The van der Waals surface area contributed by atoms with Crippen LogP contribution in [0.2, 0.25) is 0 Å². The summed E-state index contributed by atoms with van der Waals surface area (Å²) in [6.07, 6.45) is 7.07. The van der Waals surface area contributed by atoms with Crippen molar-refractivity contribution in [3.8, 4) is 16.9 Å². The quantitative estimate of drug-likeness (QED) is 0.676. The van der Waals surface area contributed by atoms with E-state index in [1.54, 1.807) is 23.0 Å². The average Bonchev–Trinajstić information content (AvgIpc) is 2.95. The van der Waals surface area contributed by atoms with Gasteiger partial charge in [-0.05, 0) is 18.6 Å². The molecule has 0 aliphatic heterocycles. The predicted molar refractivity (Wildman–Crippen MR) is 76.6 cm³/mol. The van der Waals surface area contributed by atoms with E-state index in [0.717, 1.165) is 24.0 Å². The Labute approximate surface area is 121 Å². The summed E-state index contributed by atoms with van der Waals surface area (Å²) in [7, 11) is 0. The number of nitrogens with zero attached hydrogens (tertiary/aromatic N) is 4. The molecule has 0 N–H and O–H groups in total. The van der Waals surface area contributed by atoms with E-state index >= 15 is 0 Å². The van der Waals surface area contributed by atoms with Crippen molar-refractivity contribution in [1.29, 1.82) is 0 Å². The molecule has 5 nitrogen and oxygen atoms in total. The summed E-state index contributed by atoms with van der Waals surface area (Å²) in [5, 5.41) is 7.65. The standard InChI is InChI=1S/C15H15FN4O/c1-2-3-6-21-14-7-12(16)4-5-13(14)11-8-17-15-19-18-10-20(15)9-11/h4-5,7-10H,2-3,6H2,1H3. The van der Waals surface area contributed by atoms with Gasteiger partial charge in [-0.1, -0.05) is 13.3 Å². The van der Waals surface area contributed by atoms with E-state index in [1.807, 2.05) is 6.20 Å². The molecule has 0 bridgehead atoms. The van der Waals surface area contributed by atoms with E-state index < -0.39 is 0 Å². The Hall–Kier alpha value is -2.50. The lowest BCUT2D eigenvalue weighted by atomic mass is 10.1. The summed E-state index contributed by atoms with van der Waals surface area (Å²) in [5.74, 6) is 0.732. The number of ether oxygens (including phenoxy) is 1. The minimum absolute atomic E-state index is 0.316. The first kappa shape index (κ1) is 13.5. The van der Waals surface area contributed by atoms with Gasteiger partial charge >= 0.3 is 0 Å². The van der Waals surface area contributed by atoms with Crippen LogP contribution in [0.4, 0.5) is 4.39 Å². The Morgan fingerprint density at radius 1 is 1.33 bits per heavy atom. The van der Waals surface area contributed by atoms with Crippen molar-refractivity contribution in [3.05, 3.63) is 42.7 Å². The molecule has 3 aromatic rings. The normalized spacial score (nSPS) is 11.0. The molecule has 108 valence electrons. The van der Waals surface area contributed by atoms with Gasteiger partial charge in [0.05, 0.1) is 6.61 Å². The summed E-state index contributed by atoms with van der Waals surface area (Å²) in [6, 6.07) is 4.52. The van der Waals surface area contributed by atoms with Crippen LogP contribution in [0.5, 0.6) is 5.75 Å². The monoisotopic (exact) mass is 286 g/mol. The van der Waals surface area contributed by atoms with Crippen LogP contribution in [-0.4, -0.2) is 26.2 Å². The number of rotatable bonds is 5. The van der Waals surface area contributed by atoms with Crippen LogP contribution in [0.1, 0.15) is 19.8 Å². The van der Waals surface area contributed by atoms with E-state index in [-0.39, 0.29) is 5.82 Å². The number of unbranched alkanes of at least 4 members (excludes halogenated alkanes) is 1. The number of fused-ring (bicyclic) bond motifs is 1. The summed E-state index contributed by atoms with van der Waals surface area (Å²) in [6.45, 7) is 2.65. The number of benzene rings is 1. The third-order valence-corrected chi connectivity index (χ3v) is 3.16. The van der Waals surface area contributed by atoms with Crippen LogP contribution in [0.15, 0.2) is 36.9 Å². The highest BCUT2D eigenvalue weighted by Gasteiger charge is 2.10. The first-order valence-electron chi connectivity index (χ1n) is 6.86. The van der Waals surface area contributed by atoms with Gasteiger partial charge in [-0.15, -0.1) is 10.2 Å². The highest BCUT2D eigenvalue weighted by Crippen LogP contribution is 2.30. The molecule has 2 aromatic heterocycles. The fourth-order valence-corrected chi connectivity index (χ4v) is 2.05. The number of halogens is 1. The lowest BCUT2D eigenvalue weighted by molar-refractivity contribution is 0.309. The van der Waals surface area contributed by atoms with Gasteiger partial charge in [0.25, 0.3) is 5.78 Å². The zero-order valence-corrected chi connectivity index (χ0v) is 11.7. The van der Waals surface area contributed by atoms with E-state index in [1.165, 1.54) is 12.1 Å². The molecule has 0 aliphatic carbocycles. The Kier molecular flexibility index (Phi) is 3.77. The summed E-state index contributed by atoms with van der Waals surface area (Å²) in [4.78, 5) is 4.22. The molecule has 2 heterocycles. The van der Waals surface area contributed by atoms with Gasteiger partial charge in [0.15, 0.2) is 0 Å². The largest absolute Gasteiger partial charge is 0.493 e. The molecule has 0 atom stereocenters. The van der Waals surface area contributed by atoms with Crippen molar-refractivity contribution in [3.63, 3.8) is 0 Å². The molecule has 6 heteroatoms. The molecule has 0 spiro atoms. The minimum atomic E-state index is -0.316. The maximum Gasteiger partial charge on any atom is 0.254 e. The first-order valence-corrected chi connectivity index (χ1v) is 6.86. The van der Waals surface area contributed by atoms with Crippen molar-refractivity contribution in [1.82, 2.24) is 19.6 Å². The van der Waals surface area contributed by atoms with Crippen LogP contribution >= 0.6 is 0 Å². The van der Waals surface area contributed by atoms with Crippen molar-refractivity contribution >= 4 is 5.78 Å². The van der Waals surface area contributed by atoms with Crippen LogP contribution in [0.3, 0.4) is 0 Å². The summed E-state index contributed by atoms with van der Waals surface area (Å²) < 4.78 is 20.9. The third kappa shape index (κ3) is 2.84. The van der Waals surface area contributed by atoms with Crippen molar-refractivity contribution in [2.45, 2.75) is 19.8 Å². The van der Waals surface area contributed by atoms with E-state index in [0.29, 0.717) is 18.1 Å². The average molecular weight is 286 g/mol. The van der Waals surface area contributed by atoms with Gasteiger partial charge in [0.2, 0.25) is 0 Å². The second-order valence-corrected chi connectivity index (χ2v) is 4.72. The van der Waals surface area contributed by atoms with Gasteiger partial charge < -0.3 is 4.74 Å². The van der Waals surface area contributed by atoms with E-state index in [4.69, 9.17) is 4.74 Å². The lowest BCUT2D eigenvalue weighted by Crippen LogP contribution is -1.99. The molecule has 0 aliphatic rings. The highest BCUT2D eigenvalue weighted by atomic mass is 19.1. The summed E-state index contributed by atoms with van der Waals surface area (Å²) in [5.41, 5.74) is 1.63. The van der Waals surface area contributed by atoms with Gasteiger partial charge in [-0.25, -0.2) is 9.37 Å². The Bertz CT molecular complexity index is 756. The van der Waals surface area contributed by atoms with Gasteiger partial charge in [0.1, 0.15) is 17.9 Å². The molecule has 0 saturated carbocycles. The van der Waals surface area contributed by atoms with Crippen LogP contribution in [-0.2, 0) is 0 Å². The minimum Gasteiger partial charge on any atom is -0.493 e. The molecule has 0 saturated heterocycles. The maximum atomic E-state index is 13.5. The second-order valence-electron chi connectivity index (χ2n) is 4.72. The molecule has 0 radical (unpaired) electrons. The number of hydrogen-bond donors (Lipinski definition) is 0. The first-order chi connectivity index (χ1) is 10.3. The number of aromatic nitrogens is 4. The lowest BCUT2D eigenvalue weighted by Gasteiger charge is -2.11. The maximum absolute atomic E-state index is 13.5. The molecular weight excluding hydrogens is 271 g/mol. The molecule has 3 rings (SSSR count). The molecule has 1 aromatic carbocycles. The third-order valence-electron chi connectivity index (χ3n) is 3.16. The molecular formula is C15H15FN4O. The zero-order chi connectivity index (χ0) is 14.7. The van der Waals surface area contributed by atoms with Crippen LogP contribution in [0, 0.1) is 5.82 Å². The van der Waals surface area contributed by atoms with Gasteiger partial charge in [0, 0.05) is 29.6 Å². The fourth-order valence-electron chi connectivity index (χ4n) is 2.05. The van der Waals surface area contributed by atoms with Gasteiger partial charge in [-0.2, -0.15) is 0 Å². The number of hydrogen-bond acceptors (Lipinski definition) is 4. The van der Waals surface area contributed by atoms with Crippen LogP contribution in [0.25, 0.3) is 16.9 Å². The topological polar surface area (TPSA) is 52.3 Å². The Balaban J connectivity index is 1.99. The van der Waals surface area contributed by atoms with E-state index in [2.05, 4.69) is 22.1 Å². The van der Waals surface area contributed by atoms with Crippen LogP contribution < -0.4 is 4.74 Å². The smallest absolute Gasteiger partial charge is 0.254 e. The molecule has 0 amide bonds. The van der Waals surface area contributed by atoms with Crippen molar-refractivity contribution in [2.75, 3.05) is 6.61 Å².